The lowest BCUT2D eigenvalue weighted by atomic mass is 9.72. The molecular weight excluding hydrogens is 302 g/mol. The Hall–Kier alpha value is -1.26. The summed E-state index contributed by atoms with van der Waals surface area (Å²) in [4.78, 5) is 0. The van der Waals surface area contributed by atoms with Crippen LogP contribution in [0.3, 0.4) is 0 Å². The molecule has 136 valence electrons. The molecule has 3 rings (SSSR count). The molecular formula is C20H33NO3. The first-order valence-corrected chi connectivity index (χ1v) is 9.14. The Bertz CT molecular complexity index is 560. The Balaban J connectivity index is 0.00000100. The van der Waals surface area contributed by atoms with Gasteiger partial charge in [-0.25, -0.2) is 0 Å². The largest absolute Gasteiger partial charge is 0.507 e. The maximum atomic E-state index is 10.9. The minimum absolute atomic E-state index is 0.0520. The van der Waals surface area contributed by atoms with E-state index in [0.717, 1.165) is 55.2 Å². The highest BCUT2D eigenvalue weighted by Gasteiger charge is 2.44. The van der Waals surface area contributed by atoms with Crippen LogP contribution in [0.5, 0.6) is 11.5 Å². The van der Waals surface area contributed by atoms with E-state index in [1.54, 1.807) is 0 Å². The minimum Gasteiger partial charge on any atom is -0.507 e. The predicted octanol–water partition coefficient (Wildman–Crippen LogP) is 3.95. The Labute approximate surface area is 146 Å². The SMILES string of the molecule is CC(C)c1c(O)c(C(C)C)c2c(c1CN)OC1(CCC1)CC2.CO. The number of nitrogens with two attached hydrogens (primary N) is 1. The Kier molecular flexibility index (Phi) is 5.82. The second kappa shape index (κ2) is 7.32. The van der Waals surface area contributed by atoms with Crippen molar-refractivity contribution < 1.29 is 14.9 Å². The van der Waals surface area contributed by atoms with Gasteiger partial charge in [-0.15, -0.1) is 0 Å². The van der Waals surface area contributed by atoms with Crippen molar-refractivity contribution in [2.45, 2.75) is 83.8 Å². The van der Waals surface area contributed by atoms with Crippen LogP contribution in [0, 0.1) is 0 Å². The van der Waals surface area contributed by atoms with E-state index < -0.39 is 0 Å². The number of hydrogen-bond acceptors (Lipinski definition) is 4. The smallest absolute Gasteiger partial charge is 0.128 e. The van der Waals surface area contributed by atoms with Crippen LogP contribution in [0.2, 0.25) is 0 Å². The summed E-state index contributed by atoms with van der Waals surface area (Å²) in [5.74, 6) is 1.98. The number of rotatable bonds is 3. The van der Waals surface area contributed by atoms with Gasteiger partial charge in [-0.1, -0.05) is 27.7 Å². The summed E-state index contributed by atoms with van der Waals surface area (Å²) in [5, 5.41) is 17.9. The van der Waals surface area contributed by atoms with Gasteiger partial charge in [0.1, 0.15) is 17.1 Å². The number of benzene rings is 1. The van der Waals surface area contributed by atoms with E-state index in [0.29, 0.717) is 12.3 Å². The van der Waals surface area contributed by atoms with E-state index in [1.165, 1.54) is 12.0 Å². The van der Waals surface area contributed by atoms with E-state index in [2.05, 4.69) is 27.7 Å². The Morgan fingerprint density at radius 3 is 2.04 bits per heavy atom. The highest BCUT2D eigenvalue weighted by Crippen LogP contribution is 2.52. The standard InChI is InChI=1S/C19H29NO2.CH4O/c1-11(2)15-13-6-9-19(7-5-8-19)22-18(13)14(10-20)16(12(3)4)17(15)21;1-2/h11-12,21H,5-10,20H2,1-4H3;2H,1H3. The zero-order chi connectivity index (χ0) is 18.1. The van der Waals surface area contributed by atoms with Crippen LogP contribution < -0.4 is 10.5 Å². The predicted molar refractivity (Wildman–Crippen MR) is 97.9 cm³/mol. The lowest BCUT2D eigenvalue weighted by Gasteiger charge is -2.47. The molecule has 1 fully saturated rings. The van der Waals surface area contributed by atoms with Gasteiger partial charge in [0, 0.05) is 35.9 Å². The third-order valence-corrected chi connectivity index (χ3v) is 5.48. The molecule has 4 heteroatoms. The van der Waals surface area contributed by atoms with Gasteiger partial charge in [0.05, 0.1) is 0 Å². The van der Waals surface area contributed by atoms with E-state index in [1.807, 2.05) is 0 Å². The summed E-state index contributed by atoms with van der Waals surface area (Å²) in [7, 11) is 1.00. The molecule has 1 aromatic rings. The maximum Gasteiger partial charge on any atom is 0.128 e. The quantitative estimate of drug-likeness (QED) is 0.781. The number of aromatic hydroxyl groups is 1. The van der Waals surface area contributed by atoms with E-state index >= 15 is 0 Å². The number of phenols is 1. The molecule has 0 aromatic heterocycles. The van der Waals surface area contributed by atoms with Gasteiger partial charge >= 0.3 is 0 Å². The second-order valence-corrected chi connectivity index (χ2v) is 7.61. The topological polar surface area (TPSA) is 75.7 Å². The Morgan fingerprint density at radius 2 is 1.62 bits per heavy atom. The maximum absolute atomic E-state index is 10.9. The lowest BCUT2D eigenvalue weighted by molar-refractivity contribution is -0.0261. The van der Waals surface area contributed by atoms with Crippen LogP contribution in [0.1, 0.15) is 87.5 Å². The van der Waals surface area contributed by atoms with Crippen LogP contribution in [0.25, 0.3) is 0 Å². The van der Waals surface area contributed by atoms with Crippen molar-refractivity contribution >= 4 is 0 Å². The first kappa shape index (κ1) is 19.1. The van der Waals surface area contributed by atoms with E-state index in [9.17, 15) is 5.11 Å². The molecule has 0 amide bonds. The van der Waals surface area contributed by atoms with Crippen LogP contribution in [-0.2, 0) is 13.0 Å². The molecule has 1 aromatic carbocycles. The van der Waals surface area contributed by atoms with Crippen molar-refractivity contribution in [1.82, 2.24) is 0 Å². The molecule has 1 saturated carbocycles. The number of hydrogen-bond donors (Lipinski definition) is 3. The van der Waals surface area contributed by atoms with Gasteiger partial charge in [-0.05, 0) is 43.9 Å². The van der Waals surface area contributed by atoms with Crippen LogP contribution in [0.15, 0.2) is 0 Å². The summed E-state index contributed by atoms with van der Waals surface area (Å²) in [5.41, 5.74) is 10.4. The molecule has 0 bridgehead atoms. The number of fused-ring (bicyclic) bond motifs is 1. The molecule has 1 spiro atoms. The van der Waals surface area contributed by atoms with Gasteiger partial charge in [0.15, 0.2) is 0 Å². The monoisotopic (exact) mass is 335 g/mol. The average molecular weight is 335 g/mol. The van der Waals surface area contributed by atoms with Gasteiger partial charge in [0.25, 0.3) is 0 Å². The van der Waals surface area contributed by atoms with Crippen molar-refractivity contribution in [2.75, 3.05) is 7.11 Å². The molecule has 1 heterocycles. The third-order valence-electron chi connectivity index (χ3n) is 5.48. The van der Waals surface area contributed by atoms with Gasteiger partial charge in [-0.3, -0.25) is 0 Å². The normalized spacial score (nSPS) is 17.9. The number of aliphatic hydroxyl groups excluding tert-OH is 1. The van der Waals surface area contributed by atoms with E-state index in [-0.39, 0.29) is 17.4 Å². The molecule has 1 aliphatic heterocycles. The fourth-order valence-corrected chi connectivity index (χ4v) is 4.22. The summed E-state index contributed by atoms with van der Waals surface area (Å²) in [6.45, 7) is 8.96. The molecule has 0 atom stereocenters. The lowest BCUT2D eigenvalue weighted by Crippen LogP contribution is -2.46. The van der Waals surface area contributed by atoms with Crippen molar-refractivity contribution in [2.24, 2.45) is 5.73 Å². The summed E-state index contributed by atoms with van der Waals surface area (Å²) < 4.78 is 6.52. The molecule has 24 heavy (non-hydrogen) atoms. The molecule has 4 nitrogen and oxygen atoms in total. The zero-order valence-electron chi connectivity index (χ0n) is 15.8. The molecule has 2 aliphatic rings. The fraction of sp³-hybridized carbons (Fsp3) is 0.700. The van der Waals surface area contributed by atoms with Crippen LogP contribution in [0.4, 0.5) is 0 Å². The molecule has 1 aliphatic carbocycles. The van der Waals surface area contributed by atoms with Gasteiger partial charge < -0.3 is 20.7 Å². The number of ether oxygens (including phenoxy) is 1. The molecule has 4 N–H and O–H groups in total. The van der Waals surface area contributed by atoms with Crippen molar-refractivity contribution in [3.8, 4) is 11.5 Å². The summed E-state index contributed by atoms with van der Waals surface area (Å²) in [6.07, 6.45) is 5.65. The van der Waals surface area contributed by atoms with Crippen LogP contribution in [-0.4, -0.2) is 22.9 Å². The first-order valence-electron chi connectivity index (χ1n) is 9.14. The summed E-state index contributed by atoms with van der Waals surface area (Å²) in [6, 6.07) is 0. The van der Waals surface area contributed by atoms with E-state index in [4.69, 9.17) is 15.6 Å². The van der Waals surface area contributed by atoms with Crippen LogP contribution >= 0.6 is 0 Å². The third kappa shape index (κ3) is 3.02. The number of aliphatic hydroxyl groups is 1. The summed E-state index contributed by atoms with van der Waals surface area (Å²) >= 11 is 0. The molecule has 0 radical (unpaired) electrons. The van der Waals surface area contributed by atoms with Gasteiger partial charge in [-0.2, -0.15) is 0 Å². The highest BCUT2D eigenvalue weighted by molar-refractivity contribution is 5.61. The average Bonchev–Trinajstić information content (AvgIpc) is 2.52. The van der Waals surface area contributed by atoms with Crippen molar-refractivity contribution in [3.63, 3.8) is 0 Å². The van der Waals surface area contributed by atoms with Crippen molar-refractivity contribution in [1.29, 1.82) is 0 Å². The Morgan fingerprint density at radius 1 is 1.04 bits per heavy atom. The number of phenolic OH excluding ortho intramolecular Hbond substituents is 1. The zero-order valence-corrected chi connectivity index (χ0v) is 15.8. The fourth-order valence-electron chi connectivity index (χ4n) is 4.22. The van der Waals surface area contributed by atoms with Gasteiger partial charge in [0.2, 0.25) is 0 Å². The van der Waals surface area contributed by atoms with Crippen molar-refractivity contribution in [3.05, 3.63) is 22.3 Å². The highest BCUT2D eigenvalue weighted by atomic mass is 16.5. The minimum atomic E-state index is 0.0520. The first-order chi connectivity index (χ1) is 11.4. The molecule has 0 unspecified atom stereocenters. The second-order valence-electron chi connectivity index (χ2n) is 7.61. The molecule has 0 saturated heterocycles.